The summed E-state index contributed by atoms with van der Waals surface area (Å²) in [5, 5.41) is 22.3. The van der Waals surface area contributed by atoms with Gasteiger partial charge >= 0.3 is 0 Å². The van der Waals surface area contributed by atoms with Gasteiger partial charge in [0.1, 0.15) is 5.75 Å². The maximum absolute atomic E-state index is 10.2. The number of hydrogen-bond donors (Lipinski definition) is 3. The Labute approximate surface area is 121 Å². The summed E-state index contributed by atoms with van der Waals surface area (Å²) in [4.78, 5) is 0. The average molecular weight is 281 g/mol. The van der Waals surface area contributed by atoms with E-state index in [9.17, 15) is 5.11 Å². The van der Waals surface area contributed by atoms with Crippen LogP contribution in [0.5, 0.6) is 5.75 Å². The minimum absolute atomic E-state index is 0.122. The second-order valence-corrected chi connectivity index (χ2v) is 5.91. The summed E-state index contributed by atoms with van der Waals surface area (Å²) in [7, 11) is 1.62. The lowest BCUT2D eigenvalue weighted by atomic mass is 9.88. The maximum atomic E-state index is 10.2. The Morgan fingerprint density at radius 2 is 2.10 bits per heavy atom. The Bertz CT molecular complexity index is 393. The minimum Gasteiger partial charge on any atom is -0.497 e. The third kappa shape index (κ3) is 5.90. The number of ether oxygens (including phenoxy) is 1. The lowest BCUT2D eigenvalue weighted by Gasteiger charge is -2.25. The van der Waals surface area contributed by atoms with E-state index in [-0.39, 0.29) is 12.0 Å². The summed E-state index contributed by atoms with van der Waals surface area (Å²) >= 11 is 0. The van der Waals surface area contributed by atoms with Crippen LogP contribution < -0.4 is 10.1 Å². The van der Waals surface area contributed by atoms with Crippen molar-refractivity contribution in [1.82, 2.24) is 5.32 Å². The van der Waals surface area contributed by atoms with Gasteiger partial charge in [-0.1, -0.05) is 26.0 Å². The first kappa shape index (κ1) is 17.0. The smallest absolute Gasteiger partial charge is 0.119 e. The number of aliphatic hydroxyl groups excluding tert-OH is 2. The molecule has 1 aromatic rings. The van der Waals surface area contributed by atoms with E-state index in [4.69, 9.17) is 9.84 Å². The van der Waals surface area contributed by atoms with Gasteiger partial charge in [0.15, 0.2) is 0 Å². The van der Waals surface area contributed by atoms with Crippen LogP contribution >= 0.6 is 0 Å². The number of hydrogen-bond acceptors (Lipinski definition) is 4. The summed E-state index contributed by atoms with van der Waals surface area (Å²) in [6, 6.07) is 7.49. The predicted octanol–water partition coefficient (Wildman–Crippen LogP) is 2.12. The maximum Gasteiger partial charge on any atom is 0.119 e. The third-order valence-electron chi connectivity index (χ3n) is 3.43. The van der Waals surface area contributed by atoms with Crippen LogP contribution in [0.15, 0.2) is 24.3 Å². The van der Waals surface area contributed by atoms with Crippen molar-refractivity contribution in [2.45, 2.75) is 32.8 Å². The SMILES string of the molecule is COc1cccc(C(O)CNCC(C)(C)CCCO)c1. The van der Waals surface area contributed by atoms with Crippen molar-refractivity contribution >= 4 is 0 Å². The van der Waals surface area contributed by atoms with Crippen LogP contribution in [0.4, 0.5) is 0 Å². The quantitative estimate of drug-likeness (QED) is 0.649. The molecule has 1 atom stereocenters. The number of methoxy groups -OCH3 is 1. The van der Waals surface area contributed by atoms with E-state index in [0.717, 1.165) is 30.7 Å². The van der Waals surface area contributed by atoms with Crippen molar-refractivity contribution in [1.29, 1.82) is 0 Å². The Morgan fingerprint density at radius 1 is 1.35 bits per heavy atom. The summed E-state index contributed by atoms with van der Waals surface area (Å²) in [6.07, 6.45) is 1.23. The van der Waals surface area contributed by atoms with Gasteiger partial charge in [-0.05, 0) is 36.0 Å². The first-order valence-electron chi connectivity index (χ1n) is 7.12. The molecule has 0 aliphatic heterocycles. The monoisotopic (exact) mass is 281 g/mol. The molecule has 114 valence electrons. The third-order valence-corrected chi connectivity index (χ3v) is 3.43. The molecule has 4 heteroatoms. The zero-order chi connectivity index (χ0) is 15.0. The van der Waals surface area contributed by atoms with Crippen LogP contribution in [0, 0.1) is 5.41 Å². The van der Waals surface area contributed by atoms with E-state index >= 15 is 0 Å². The molecule has 1 rings (SSSR count). The van der Waals surface area contributed by atoms with Gasteiger partial charge in [-0.15, -0.1) is 0 Å². The van der Waals surface area contributed by atoms with Crippen molar-refractivity contribution < 1.29 is 14.9 Å². The van der Waals surface area contributed by atoms with E-state index < -0.39 is 6.10 Å². The summed E-state index contributed by atoms with van der Waals surface area (Å²) < 4.78 is 5.15. The Kier molecular flexibility index (Phi) is 6.99. The molecule has 1 aromatic carbocycles. The fourth-order valence-corrected chi connectivity index (χ4v) is 2.16. The number of nitrogens with one attached hydrogen (secondary N) is 1. The van der Waals surface area contributed by atoms with Gasteiger partial charge in [0, 0.05) is 19.7 Å². The molecule has 3 N–H and O–H groups in total. The molecule has 0 aliphatic rings. The van der Waals surface area contributed by atoms with Gasteiger partial charge in [-0.25, -0.2) is 0 Å². The van der Waals surface area contributed by atoms with Crippen molar-refractivity contribution in [2.24, 2.45) is 5.41 Å². The van der Waals surface area contributed by atoms with Crippen molar-refractivity contribution in [3.63, 3.8) is 0 Å². The van der Waals surface area contributed by atoms with E-state index in [1.807, 2.05) is 24.3 Å². The van der Waals surface area contributed by atoms with Gasteiger partial charge < -0.3 is 20.3 Å². The normalized spacial score (nSPS) is 13.2. The van der Waals surface area contributed by atoms with E-state index in [2.05, 4.69) is 19.2 Å². The molecule has 0 heterocycles. The van der Waals surface area contributed by atoms with E-state index in [1.54, 1.807) is 7.11 Å². The van der Waals surface area contributed by atoms with Crippen LogP contribution in [0.2, 0.25) is 0 Å². The van der Waals surface area contributed by atoms with E-state index in [1.165, 1.54) is 0 Å². The molecule has 0 aliphatic carbocycles. The zero-order valence-corrected chi connectivity index (χ0v) is 12.7. The lowest BCUT2D eigenvalue weighted by molar-refractivity contribution is 0.164. The largest absolute Gasteiger partial charge is 0.497 e. The molecule has 0 spiro atoms. The van der Waals surface area contributed by atoms with Crippen LogP contribution in [0.25, 0.3) is 0 Å². The predicted molar refractivity (Wildman–Crippen MR) is 80.9 cm³/mol. The highest BCUT2D eigenvalue weighted by Crippen LogP contribution is 2.22. The molecule has 0 saturated carbocycles. The Morgan fingerprint density at radius 3 is 2.75 bits per heavy atom. The molecule has 0 amide bonds. The molecular formula is C16H27NO3. The first-order chi connectivity index (χ1) is 9.48. The second kappa shape index (κ2) is 8.25. The highest BCUT2D eigenvalue weighted by molar-refractivity contribution is 5.29. The molecular weight excluding hydrogens is 254 g/mol. The van der Waals surface area contributed by atoms with Crippen molar-refractivity contribution in [2.75, 3.05) is 26.8 Å². The van der Waals surface area contributed by atoms with Crippen molar-refractivity contribution in [3.8, 4) is 5.75 Å². The van der Waals surface area contributed by atoms with Crippen LogP contribution in [0.3, 0.4) is 0 Å². The second-order valence-electron chi connectivity index (χ2n) is 5.91. The van der Waals surface area contributed by atoms with E-state index in [0.29, 0.717) is 6.54 Å². The minimum atomic E-state index is -0.543. The Balaban J connectivity index is 2.40. The summed E-state index contributed by atoms with van der Waals surface area (Å²) in [6.45, 7) is 5.88. The van der Waals surface area contributed by atoms with Gasteiger partial charge in [0.25, 0.3) is 0 Å². The number of aliphatic hydroxyl groups is 2. The fourth-order valence-electron chi connectivity index (χ4n) is 2.16. The van der Waals surface area contributed by atoms with Gasteiger partial charge in [-0.3, -0.25) is 0 Å². The zero-order valence-electron chi connectivity index (χ0n) is 12.7. The number of rotatable bonds is 9. The van der Waals surface area contributed by atoms with Gasteiger partial charge in [0.2, 0.25) is 0 Å². The highest BCUT2D eigenvalue weighted by atomic mass is 16.5. The van der Waals surface area contributed by atoms with Gasteiger partial charge in [-0.2, -0.15) is 0 Å². The summed E-state index contributed by atoms with van der Waals surface area (Å²) in [5.41, 5.74) is 0.974. The summed E-state index contributed by atoms with van der Waals surface area (Å²) in [5.74, 6) is 0.754. The molecule has 4 nitrogen and oxygen atoms in total. The molecule has 20 heavy (non-hydrogen) atoms. The van der Waals surface area contributed by atoms with Gasteiger partial charge in [0.05, 0.1) is 13.2 Å². The molecule has 1 unspecified atom stereocenters. The van der Waals surface area contributed by atoms with Crippen LogP contribution in [-0.2, 0) is 0 Å². The molecule has 0 radical (unpaired) electrons. The lowest BCUT2D eigenvalue weighted by Crippen LogP contribution is -2.32. The highest BCUT2D eigenvalue weighted by Gasteiger charge is 2.17. The van der Waals surface area contributed by atoms with Crippen LogP contribution in [-0.4, -0.2) is 37.0 Å². The van der Waals surface area contributed by atoms with Crippen LogP contribution in [0.1, 0.15) is 38.4 Å². The average Bonchev–Trinajstić information content (AvgIpc) is 2.45. The Hall–Kier alpha value is -1.10. The molecule has 0 aromatic heterocycles. The standard InChI is InChI=1S/C16H27NO3/c1-16(2,8-5-9-18)12-17-11-15(19)13-6-4-7-14(10-13)20-3/h4,6-7,10,15,17-19H,5,8-9,11-12H2,1-3H3. The first-order valence-corrected chi connectivity index (χ1v) is 7.12. The molecule has 0 bridgehead atoms. The van der Waals surface area contributed by atoms with Crippen molar-refractivity contribution in [3.05, 3.63) is 29.8 Å². The molecule has 0 saturated heterocycles. The molecule has 0 fully saturated rings. The number of benzene rings is 1. The fraction of sp³-hybridized carbons (Fsp3) is 0.625. The topological polar surface area (TPSA) is 61.7 Å².